The van der Waals surface area contributed by atoms with Crippen LogP contribution in [0.3, 0.4) is 0 Å². The quantitative estimate of drug-likeness (QED) is 0.370. The van der Waals surface area contributed by atoms with Gasteiger partial charge in [-0.3, -0.25) is 14.9 Å². The largest absolute Gasteiger partial charge is 0.482 e. The Labute approximate surface area is 184 Å². The summed E-state index contributed by atoms with van der Waals surface area (Å²) in [7, 11) is 0. The number of rotatable bonds is 8. The molecule has 3 rings (SSSR count). The number of ether oxygens (including phenoxy) is 1. The molecule has 0 bridgehead atoms. The molecule has 0 saturated carbocycles. The van der Waals surface area contributed by atoms with Crippen molar-refractivity contribution in [2.75, 3.05) is 23.0 Å². The lowest BCUT2D eigenvalue weighted by atomic mass is 10.3. The van der Waals surface area contributed by atoms with E-state index in [1.54, 1.807) is 24.3 Å². The molecule has 0 spiro atoms. The van der Waals surface area contributed by atoms with Crippen LogP contribution < -0.4 is 15.4 Å². The summed E-state index contributed by atoms with van der Waals surface area (Å²) in [6.45, 7) is -0.247. The van der Waals surface area contributed by atoms with Gasteiger partial charge in [0, 0.05) is 10.7 Å². The van der Waals surface area contributed by atoms with Crippen molar-refractivity contribution in [1.29, 1.82) is 0 Å². The number of anilines is 2. The maximum atomic E-state index is 12.0. The van der Waals surface area contributed by atoms with Crippen molar-refractivity contribution in [2.24, 2.45) is 0 Å². The van der Waals surface area contributed by atoms with Gasteiger partial charge in [0.1, 0.15) is 5.75 Å². The number of hydrogen-bond donors (Lipinski definition) is 2. The monoisotopic (exact) mass is 468 g/mol. The lowest BCUT2D eigenvalue weighted by Gasteiger charge is -2.07. The van der Waals surface area contributed by atoms with Gasteiger partial charge in [0.05, 0.1) is 10.8 Å². The van der Waals surface area contributed by atoms with Gasteiger partial charge in [-0.25, -0.2) is 0 Å². The van der Waals surface area contributed by atoms with Crippen LogP contribution in [0.15, 0.2) is 52.9 Å². The van der Waals surface area contributed by atoms with E-state index in [4.69, 9.17) is 27.9 Å². The third-order valence-corrected chi connectivity index (χ3v) is 5.79. The summed E-state index contributed by atoms with van der Waals surface area (Å²) >= 11 is 14.2. The Bertz CT molecular complexity index is 1000. The van der Waals surface area contributed by atoms with Gasteiger partial charge in [0.15, 0.2) is 10.9 Å². The maximum Gasteiger partial charge on any atom is 0.264 e. The predicted octanol–water partition coefficient (Wildman–Crippen LogP) is 4.59. The van der Waals surface area contributed by atoms with Gasteiger partial charge in [0.2, 0.25) is 11.0 Å². The Balaban J connectivity index is 1.43. The highest BCUT2D eigenvalue weighted by Crippen LogP contribution is 2.28. The van der Waals surface area contributed by atoms with E-state index in [0.29, 0.717) is 25.3 Å². The molecule has 3 aromatic rings. The molecular formula is C18H14Cl2N4O3S2. The first-order valence-electron chi connectivity index (χ1n) is 8.18. The first kappa shape index (κ1) is 21.4. The third-order valence-electron chi connectivity index (χ3n) is 3.29. The number of carbonyl (C=O) groups is 2. The number of halogens is 2. The van der Waals surface area contributed by atoms with Crippen molar-refractivity contribution in [3.8, 4) is 5.75 Å². The van der Waals surface area contributed by atoms with Crippen molar-refractivity contribution >= 4 is 68.9 Å². The number of carbonyl (C=O) groups excluding carboxylic acids is 2. The second-order valence-electron chi connectivity index (χ2n) is 5.49. The fourth-order valence-electron chi connectivity index (χ4n) is 2.06. The van der Waals surface area contributed by atoms with E-state index in [-0.39, 0.29) is 18.3 Å². The summed E-state index contributed by atoms with van der Waals surface area (Å²) in [5.41, 5.74) is 0.726. The number of benzene rings is 2. The smallest absolute Gasteiger partial charge is 0.264 e. The second kappa shape index (κ2) is 10.4. The van der Waals surface area contributed by atoms with Crippen LogP contribution in [0.25, 0.3) is 0 Å². The van der Waals surface area contributed by atoms with E-state index < -0.39 is 5.91 Å². The molecule has 29 heavy (non-hydrogen) atoms. The molecule has 0 aliphatic rings. The molecule has 0 atom stereocenters. The first-order chi connectivity index (χ1) is 14.0. The summed E-state index contributed by atoms with van der Waals surface area (Å²) in [5.74, 6) is -0.0414. The topological polar surface area (TPSA) is 93.2 Å². The number of para-hydroxylation sites is 1. The van der Waals surface area contributed by atoms with Crippen LogP contribution in [-0.2, 0) is 9.59 Å². The summed E-state index contributed by atoms with van der Waals surface area (Å²) in [5, 5.41) is 14.3. The van der Waals surface area contributed by atoms with Gasteiger partial charge in [-0.1, -0.05) is 64.5 Å². The summed E-state index contributed by atoms with van der Waals surface area (Å²) in [6, 6.07) is 13.9. The van der Waals surface area contributed by atoms with Crippen LogP contribution in [0, 0.1) is 0 Å². The second-order valence-corrected chi connectivity index (χ2v) is 8.53. The van der Waals surface area contributed by atoms with Crippen molar-refractivity contribution in [3.63, 3.8) is 0 Å². The molecule has 0 fully saturated rings. The highest BCUT2D eigenvalue weighted by molar-refractivity contribution is 8.01. The molecule has 0 unspecified atom stereocenters. The van der Waals surface area contributed by atoms with Gasteiger partial charge in [-0.2, -0.15) is 0 Å². The number of thioether (sulfide) groups is 1. The molecule has 150 valence electrons. The fourth-order valence-corrected chi connectivity index (χ4v) is 4.09. The van der Waals surface area contributed by atoms with Crippen molar-refractivity contribution in [1.82, 2.24) is 10.2 Å². The molecule has 0 radical (unpaired) electrons. The lowest BCUT2D eigenvalue weighted by molar-refractivity contribution is -0.118. The molecular weight excluding hydrogens is 455 g/mol. The molecule has 11 heteroatoms. The number of nitrogens with zero attached hydrogens (tertiary/aromatic N) is 2. The van der Waals surface area contributed by atoms with Crippen LogP contribution in [0.1, 0.15) is 0 Å². The van der Waals surface area contributed by atoms with Crippen LogP contribution in [-0.4, -0.2) is 34.4 Å². The van der Waals surface area contributed by atoms with Gasteiger partial charge in [-0.15, -0.1) is 10.2 Å². The maximum absolute atomic E-state index is 12.0. The van der Waals surface area contributed by atoms with E-state index in [9.17, 15) is 9.59 Å². The summed E-state index contributed by atoms with van der Waals surface area (Å²) < 4.78 is 5.92. The Kier molecular flexibility index (Phi) is 7.70. The van der Waals surface area contributed by atoms with Crippen molar-refractivity contribution < 1.29 is 14.3 Å². The lowest BCUT2D eigenvalue weighted by Crippen LogP contribution is -2.20. The van der Waals surface area contributed by atoms with Crippen LogP contribution in [0.5, 0.6) is 5.75 Å². The number of aromatic nitrogens is 2. The SMILES string of the molecule is O=C(CSc1nnc(NC(=O)COc2ccc(Cl)cc2Cl)s1)Nc1ccccc1. The van der Waals surface area contributed by atoms with E-state index >= 15 is 0 Å². The average Bonchev–Trinajstić information content (AvgIpc) is 3.14. The van der Waals surface area contributed by atoms with E-state index in [1.807, 2.05) is 18.2 Å². The molecule has 2 aromatic carbocycles. The molecule has 1 aromatic heterocycles. The molecule has 0 saturated heterocycles. The fraction of sp³-hybridized carbons (Fsp3) is 0.111. The van der Waals surface area contributed by atoms with Gasteiger partial charge in [-0.05, 0) is 30.3 Å². The van der Waals surface area contributed by atoms with Gasteiger partial charge in [0.25, 0.3) is 5.91 Å². The first-order valence-corrected chi connectivity index (χ1v) is 10.7. The van der Waals surface area contributed by atoms with Gasteiger partial charge < -0.3 is 10.1 Å². The highest BCUT2D eigenvalue weighted by Gasteiger charge is 2.12. The number of nitrogens with one attached hydrogen (secondary N) is 2. The van der Waals surface area contributed by atoms with Crippen LogP contribution in [0.2, 0.25) is 10.0 Å². The van der Waals surface area contributed by atoms with E-state index in [2.05, 4.69) is 20.8 Å². The predicted molar refractivity (Wildman–Crippen MR) is 116 cm³/mol. The standard InChI is InChI=1S/C18H14Cl2N4O3S2/c19-11-6-7-14(13(20)8-11)27-9-15(25)22-17-23-24-18(29-17)28-10-16(26)21-12-4-2-1-3-5-12/h1-8H,9-10H2,(H,21,26)(H,22,23,25). The molecule has 0 aliphatic carbocycles. The molecule has 2 amide bonds. The molecule has 0 aliphatic heterocycles. The molecule has 2 N–H and O–H groups in total. The normalized spacial score (nSPS) is 10.4. The number of hydrogen-bond acceptors (Lipinski definition) is 7. The Hall–Kier alpha value is -2.33. The Morgan fingerprint density at radius 1 is 1.03 bits per heavy atom. The zero-order valence-corrected chi connectivity index (χ0v) is 17.9. The van der Waals surface area contributed by atoms with E-state index in [1.165, 1.54) is 29.2 Å². The Morgan fingerprint density at radius 2 is 1.83 bits per heavy atom. The summed E-state index contributed by atoms with van der Waals surface area (Å²) in [6.07, 6.45) is 0. The zero-order chi connectivity index (χ0) is 20.6. The van der Waals surface area contributed by atoms with Crippen molar-refractivity contribution in [2.45, 2.75) is 4.34 Å². The minimum atomic E-state index is -0.412. The zero-order valence-electron chi connectivity index (χ0n) is 14.7. The average molecular weight is 469 g/mol. The highest BCUT2D eigenvalue weighted by atomic mass is 35.5. The molecule has 7 nitrogen and oxygen atoms in total. The third kappa shape index (κ3) is 6.90. The molecule has 1 heterocycles. The van der Waals surface area contributed by atoms with Crippen LogP contribution >= 0.6 is 46.3 Å². The minimum Gasteiger partial charge on any atom is -0.482 e. The van der Waals surface area contributed by atoms with Gasteiger partial charge >= 0.3 is 0 Å². The van der Waals surface area contributed by atoms with Crippen molar-refractivity contribution in [3.05, 3.63) is 58.6 Å². The van der Waals surface area contributed by atoms with E-state index in [0.717, 1.165) is 5.69 Å². The number of amides is 2. The van der Waals surface area contributed by atoms with Crippen LogP contribution in [0.4, 0.5) is 10.8 Å². The summed E-state index contributed by atoms with van der Waals surface area (Å²) in [4.78, 5) is 24.0. The Morgan fingerprint density at radius 3 is 2.59 bits per heavy atom. The minimum absolute atomic E-state index is 0.157.